The van der Waals surface area contributed by atoms with Crippen LogP contribution in [0, 0.1) is 0 Å². The number of ether oxygens (including phenoxy) is 1. The minimum Gasteiger partial charge on any atom is -0.871 e. The van der Waals surface area contributed by atoms with Crippen LogP contribution in [0.25, 0.3) is 32.3 Å². The van der Waals surface area contributed by atoms with Gasteiger partial charge in [-0.1, -0.05) is 41.8 Å². The molecule has 22 nitrogen and oxygen atoms in total. The van der Waals surface area contributed by atoms with E-state index in [1.54, 1.807) is 18.2 Å². The molecule has 0 saturated heterocycles. The molecule has 0 aromatic heterocycles. The van der Waals surface area contributed by atoms with Crippen molar-refractivity contribution in [2.24, 2.45) is 20.5 Å². The largest absolute Gasteiger partial charge is 1.00 e. The summed E-state index contributed by atoms with van der Waals surface area (Å²) in [5.41, 5.74) is -1.94. The van der Waals surface area contributed by atoms with E-state index in [4.69, 9.17) is 4.74 Å². The van der Waals surface area contributed by atoms with Gasteiger partial charge in [-0.05, 0) is 94.3 Å². The van der Waals surface area contributed by atoms with E-state index in [-0.39, 0.29) is 168 Å². The molecule has 7 rings (SSSR count). The minimum atomic E-state index is -5.26. The standard InChI is InChI=1S/C38H28N6O16S4.4Na/c1-60-30-5-3-2-4-29(30)42-44-35-33(64(57,58)59)17-20-15-22(7-10-25(20)37(35)46)40-38(47)39-21-6-9-24-19(14-21)16-32(63(54,55)56)34(36(24)45)43-41-28-12-13-31(62(51,52)53)26-11-8-23(18-27(26)28)61(48,49)50;;;;/h2-18,45-46H,1H3,(H2,39,40,47)(H,48,49,50)(H,51,52,53)(H,54,55,56)(H,57,58,59);;;;/q;4*+1/p-4. The van der Waals surface area contributed by atoms with Gasteiger partial charge in [-0.25, -0.2) is 21.6 Å². The molecule has 2 amide bonds. The molecule has 0 unspecified atom stereocenters. The Labute approximate surface area is 474 Å². The Morgan fingerprint density at radius 3 is 1.46 bits per heavy atom. The number of carbonyl (C=O) groups is 1. The minimum absolute atomic E-state index is 0. The number of anilines is 2. The van der Waals surface area contributed by atoms with Gasteiger partial charge in [0.05, 0.1) is 34.0 Å². The molecule has 0 atom stereocenters. The molecule has 30 heteroatoms. The number of fused-ring (bicyclic) bond motifs is 3. The molecule has 0 aliphatic carbocycles. The van der Waals surface area contributed by atoms with Gasteiger partial charge < -0.3 is 34.7 Å². The third-order valence-corrected chi connectivity index (χ3v) is 12.7. The van der Waals surface area contributed by atoms with E-state index in [1.165, 1.54) is 37.4 Å². The molecule has 7 aromatic carbocycles. The Balaban J connectivity index is 0.00000306. The summed E-state index contributed by atoms with van der Waals surface area (Å²) in [7, 11) is -19.2. The van der Waals surface area contributed by atoms with Crippen LogP contribution >= 0.6 is 0 Å². The molecule has 330 valence electrons. The second kappa shape index (κ2) is 22.9. The van der Waals surface area contributed by atoms with Crippen LogP contribution in [0.4, 0.5) is 38.9 Å². The van der Waals surface area contributed by atoms with Crippen LogP contribution in [0.3, 0.4) is 0 Å². The van der Waals surface area contributed by atoms with Crippen LogP contribution in [0.2, 0.25) is 0 Å². The number of rotatable bonds is 11. The maximum Gasteiger partial charge on any atom is 1.00 e. The SMILES string of the molecule is COc1ccccc1N=Nc1c(S(=O)(=O)O)cc2cc(NC(=O)Nc3ccc4c([O-])c(N=Nc5ccc(S(=O)(=O)[O-])c6ccc(S(=O)(=O)[O-])cc56)c(S(=O)(=O)O)cc4c3)ccc2c1[O-].[Na+].[Na+].[Na+].[Na+]. The van der Waals surface area contributed by atoms with E-state index >= 15 is 0 Å². The quantitative estimate of drug-likeness (QED) is 0.0532. The Kier molecular flexibility index (Phi) is 19.9. The van der Waals surface area contributed by atoms with Crippen molar-refractivity contribution in [1.29, 1.82) is 0 Å². The topological polar surface area (TPSA) is 369 Å². The number of amides is 2. The molecule has 0 aliphatic rings. The first-order valence-electron chi connectivity index (χ1n) is 17.5. The predicted molar refractivity (Wildman–Crippen MR) is 220 cm³/mol. The van der Waals surface area contributed by atoms with Crippen molar-refractivity contribution in [2.75, 3.05) is 17.7 Å². The van der Waals surface area contributed by atoms with E-state index in [2.05, 4.69) is 31.1 Å². The number of hydrogen-bond donors (Lipinski definition) is 4. The fourth-order valence-electron chi connectivity index (χ4n) is 6.37. The van der Waals surface area contributed by atoms with Crippen LogP contribution in [0.1, 0.15) is 0 Å². The van der Waals surface area contributed by atoms with Crippen LogP contribution in [-0.2, 0) is 40.5 Å². The number of urea groups is 1. The average Bonchev–Trinajstić information content (AvgIpc) is 3.21. The maximum absolute atomic E-state index is 13.6. The summed E-state index contributed by atoms with van der Waals surface area (Å²) in [4.78, 5) is 9.47. The van der Waals surface area contributed by atoms with Crippen LogP contribution in [0.5, 0.6) is 17.2 Å². The summed E-state index contributed by atoms with van der Waals surface area (Å²) in [6.45, 7) is 0. The van der Waals surface area contributed by atoms with Gasteiger partial charge >= 0.3 is 124 Å². The van der Waals surface area contributed by atoms with Gasteiger partial charge in [0.2, 0.25) is 0 Å². The summed E-state index contributed by atoms with van der Waals surface area (Å²) in [5.74, 6) is -1.78. The second-order valence-corrected chi connectivity index (χ2v) is 18.8. The second-order valence-electron chi connectivity index (χ2n) is 13.3. The molecule has 0 radical (unpaired) electrons. The van der Waals surface area contributed by atoms with Gasteiger partial charge in [0.1, 0.15) is 41.5 Å². The zero-order valence-electron chi connectivity index (χ0n) is 35.8. The number of carbonyl (C=O) groups excluding carboxylic acids is 1. The third-order valence-electron chi connectivity index (χ3n) is 9.22. The predicted octanol–water partition coefficient (Wildman–Crippen LogP) is -5.91. The van der Waals surface area contributed by atoms with Gasteiger partial charge in [-0.3, -0.25) is 9.11 Å². The monoisotopic (exact) mass is 1040 g/mol. The molecule has 0 fully saturated rings. The molecular formula is C38H24N6Na4O16S4. The molecule has 0 bridgehead atoms. The number of benzene rings is 7. The van der Waals surface area contributed by atoms with E-state index < -0.39 is 100 Å². The van der Waals surface area contributed by atoms with Gasteiger partial charge in [0.25, 0.3) is 20.2 Å². The van der Waals surface area contributed by atoms with Crippen molar-refractivity contribution >= 4 is 113 Å². The summed E-state index contributed by atoms with van der Waals surface area (Å²) >= 11 is 0. The van der Waals surface area contributed by atoms with Crippen molar-refractivity contribution in [3.05, 3.63) is 103 Å². The number of para-hydroxylation sites is 1. The first kappa shape index (κ1) is 59.1. The van der Waals surface area contributed by atoms with Gasteiger partial charge in [-0.15, -0.1) is 20.5 Å². The van der Waals surface area contributed by atoms with E-state index in [0.29, 0.717) is 6.07 Å². The number of azo groups is 2. The molecule has 0 heterocycles. The summed E-state index contributed by atoms with van der Waals surface area (Å²) < 4.78 is 146. The molecule has 0 aliphatic heterocycles. The number of nitrogens with one attached hydrogen (secondary N) is 2. The Morgan fingerprint density at radius 1 is 0.529 bits per heavy atom. The van der Waals surface area contributed by atoms with Crippen LogP contribution < -0.4 is 144 Å². The normalized spacial score (nSPS) is 12.0. The third kappa shape index (κ3) is 13.0. The van der Waals surface area contributed by atoms with E-state index in [0.717, 1.165) is 48.5 Å². The number of nitrogens with zero attached hydrogens (tertiary/aromatic N) is 4. The fourth-order valence-corrected chi connectivity index (χ4v) is 8.86. The van der Waals surface area contributed by atoms with Gasteiger partial charge in [0.15, 0.2) is 0 Å². The van der Waals surface area contributed by atoms with Crippen molar-refractivity contribution in [3.63, 3.8) is 0 Å². The van der Waals surface area contributed by atoms with Gasteiger partial charge in [0, 0.05) is 22.1 Å². The average molecular weight is 1040 g/mol. The molecular weight excluding hydrogens is 1020 g/mol. The molecule has 68 heavy (non-hydrogen) atoms. The first-order chi connectivity index (χ1) is 29.9. The smallest absolute Gasteiger partial charge is 0.871 e. The van der Waals surface area contributed by atoms with Gasteiger partial charge in [-0.2, -0.15) is 16.8 Å². The van der Waals surface area contributed by atoms with Crippen molar-refractivity contribution in [1.82, 2.24) is 0 Å². The molecule has 0 spiro atoms. The van der Waals surface area contributed by atoms with E-state index in [1.807, 2.05) is 0 Å². The van der Waals surface area contributed by atoms with Crippen LogP contribution in [0.15, 0.2) is 143 Å². The number of hydrogen-bond acceptors (Lipinski definition) is 18. The first-order valence-corrected chi connectivity index (χ1v) is 23.2. The van der Waals surface area contributed by atoms with Crippen LogP contribution in [-0.4, -0.2) is 65.0 Å². The Bertz CT molecular complexity index is 3680. The van der Waals surface area contributed by atoms with Crippen molar-refractivity contribution in [3.8, 4) is 17.2 Å². The van der Waals surface area contributed by atoms with Crippen molar-refractivity contribution in [2.45, 2.75) is 19.6 Å². The Morgan fingerprint density at radius 2 is 1.00 bits per heavy atom. The Hall–Kier alpha value is -3.17. The van der Waals surface area contributed by atoms with E-state index in [9.17, 15) is 66.9 Å². The zero-order chi connectivity index (χ0) is 46.5. The van der Waals surface area contributed by atoms with Crippen molar-refractivity contribution < 1.29 is 190 Å². The summed E-state index contributed by atoms with van der Waals surface area (Å²) in [6.07, 6.45) is 0. The summed E-state index contributed by atoms with van der Waals surface area (Å²) in [6, 6.07) is 18.4. The zero-order valence-corrected chi connectivity index (χ0v) is 47.1. The fraction of sp³-hybridized carbons (Fsp3) is 0.0263. The number of methoxy groups -OCH3 is 1. The molecule has 7 aromatic rings. The molecule has 4 N–H and O–H groups in total. The molecule has 0 saturated carbocycles. The maximum atomic E-state index is 13.6. The summed E-state index contributed by atoms with van der Waals surface area (Å²) in [5, 5.41) is 45.9.